The van der Waals surface area contributed by atoms with Crippen LogP contribution in [0.3, 0.4) is 0 Å². The summed E-state index contributed by atoms with van der Waals surface area (Å²) in [7, 11) is 0. The average Bonchev–Trinajstić information content (AvgIpc) is 2.38. The molecule has 20 heavy (non-hydrogen) atoms. The Kier molecular flexibility index (Phi) is 4.14. The number of nitrogens with zero attached hydrogens (tertiary/aromatic N) is 2. The van der Waals surface area contributed by atoms with E-state index in [2.05, 4.69) is 9.97 Å². The molecule has 1 aromatic heterocycles. The molecule has 0 aliphatic heterocycles. The lowest BCUT2D eigenvalue weighted by atomic mass is 10.2. The van der Waals surface area contributed by atoms with Crippen molar-refractivity contribution in [2.24, 2.45) is 0 Å². The van der Waals surface area contributed by atoms with Crippen LogP contribution in [-0.2, 0) is 4.74 Å². The Morgan fingerprint density at radius 2 is 2.25 bits per heavy atom. The maximum atomic E-state index is 13.0. The highest BCUT2D eigenvalue weighted by atomic mass is 35.5. The van der Waals surface area contributed by atoms with E-state index in [0.717, 1.165) is 6.07 Å². The highest BCUT2D eigenvalue weighted by Gasteiger charge is 2.15. The average molecular weight is 296 g/mol. The summed E-state index contributed by atoms with van der Waals surface area (Å²) in [5.41, 5.74) is 6.20. The van der Waals surface area contributed by atoms with Crippen LogP contribution in [0.4, 0.5) is 10.2 Å². The van der Waals surface area contributed by atoms with Crippen molar-refractivity contribution in [3.63, 3.8) is 0 Å². The fraction of sp³-hybridized carbons (Fsp3) is 0.154. The number of carbonyl (C=O) groups is 1. The molecule has 2 aromatic rings. The second-order valence-corrected chi connectivity index (χ2v) is 4.24. The van der Waals surface area contributed by atoms with Gasteiger partial charge in [-0.3, -0.25) is 0 Å². The van der Waals surface area contributed by atoms with Gasteiger partial charge in [0.05, 0.1) is 11.6 Å². The first kappa shape index (κ1) is 14.2. The lowest BCUT2D eigenvalue weighted by molar-refractivity contribution is 0.0527. The molecule has 0 saturated carbocycles. The van der Waals surface area contributed by atoms with Crippen LogP contribution in [0.1, 0.15) is 17.3 Å². The highest BCUT2D eigenvalue weighted by molar-refractivity contribution is 6.33. The summed E-state index contributed by atoms with van der Waals surface area (Å²) < 4.78 is 17.8. The third-order valence-corrected chi connectivity index (χ3v) is 2.80. The number of hydrogen-bond acceptors (Lipinski definition) is 5. The molecule has 0 atom stereocenters. The van der Waals surface area contributed by atoms with Gasteiger partial charge in [-0.05, 0) is 25.1 Å². The molecule has 2 rings (SSSR count). The van der Waals surface area contributed by atoms with E-state index in [-0.39, 0.29) is 28.8 Å². The normalized spacial score (nSPS) is 10.3. The van der Waals surface area contributed by atoms with Crippen LogP contribution in [-0.4, -0.2) is 22.5 Å². The number of benzene rings is 1. The van der Waals surface area contributed by atoms with Gasteiger partial charge < -0.3 is 10.5 Å². The Bertz CT molecular complexity index is 664. The van der Waals surface area contributed by atoms with Gasteiger partial charge in [-0.2, -0.15) is 0 Å². The fourth-order valence-corrected chi connectivity index (χ4v) is 1.81. The summed E-state index contributed by atoms with van der Waals surface area (Å²) in [6.45, 7) is 1.91. The molecular weight excluding hydrogens is 285 g/mol. The molecule has 2 N–H and O–H groups in total. The molecule has 0 bridgehead atoms. The zero-order chi connectivity index (χ0) is 14.7. The molecule has 1 aromatic carbocycles. The molecule has 5 nitrogen and oxygen atoms in total. The Morgan fingerprint density at radius 1 is 1.50 bits per heavy atom. The molecule has 0 aliphatic carbocycles. The molecule has 0 fully saturated rings. The van der Waals surface area contributed by atoms with Gasteiger partial charge in [0.25, 0.3) is 0 Å². The number of ether oxygens (including phenoxy) is 1. The van der Waals surface area contributed by atoms with E-state index in [1.54, 1.807) is 6.92 Å². The number of hydrogen-bond donors (Lipinski definition) is 1. The molecule has 0 unspecified atom stereocenters. The zero-order valence-corrected chi connectivity index (χ0v) is 11.3. The maximum Gasteiger partial charge on any atom is 0.343 e. The number of rotatable bonds is 3. The minimum absolute atomic E-state index is 0.0196. The van der Waals surface area contributed by atoms with Crippen LogP contribution < -0.4 is 5.73 Å². The number of halogens is 2. The van der Waals surface area contributed by atoms with Gasteiger partial charge >= 0.3 is 5.97 Å². The van der Waals surface area contributed by atoms with Gasteiger partial charge in [-0.1, -0.05) is 11.6 Å². The molecule has 0 radical (unpaired) electrons. The Balaban J connectivity index is 2.40. The van der Waals surface area contributed by atoms with Crippen LogP contribution in [0.15, 0.2) is 24.4 Å². The molecule has 0 spiro atoms. The summed E-state index contributed by atoms with van der Waals surface area (Å²) in [6, 6.07) is 3.83. The van der Waals surface area contributed by atoms with E-state index in [1.807, 2.05) is 0 Å². The standard InChI is InChI=1S/C13H11ClFN3O2/c1-2-20-13(19)9-6-17-12(18-11(9)16)8-4-3-7(15)5-10(8)14/h3-6H,2H2,1H3,(H2,16,17,18). The Labute approximate surface area is 119 Å². The lowest BCUT2D eigenvalue weighted by Crippen LogP contribution is -2.10. The predicted octanol–water partition coefficient (Wildman–Crippen LogP) is 2.70. The largest absolute Gasteiger partial charge is 0.462 e. The van der Waals surface area contributed by atoms with Crippen molar-refractivity contribution in [1.29, 1.82) is 0 Å². The number of carbonyl (C=O) groups excluding carboxylic acids is 1. The third-order valence-electron chi connectivity index (χ3n) is 2.49. The first-order valence-electron chi connectivity index (χ1n) is 5.78. The van der Waals surface area contributed by atoms with Crippen molar-refractivity contribution in [1.82, 2.24) is 9.97 Å². The lowest BCUT2D eigenvalue weighted by Gasteiger charge is -2.07. The molecule has 1 heterocycles. The van der Waals surface area contributed by atoms with E-state index in [4.69, 9.17) is 22.1 Å². The topological polar surface area (TPSA) is 78.1 Å². The van der Waals surface area contributed by atoms with Gasteiger partial charge in [-0.25, -0.2) is 19.2 Å². The summed E-state index contributed by atoms with van der Waals surface area (Å²) in [5, 5.41) is 0.160. The van der Waals surface area contributed by atoms with Crippen LogP contribution >= 0.6 is 11.6 Å². The molecule has 0 aliphatic rings. The number of aromatic nitrogens is 2. The minimum Gasteiger partial charge on any atom is -0.462 e. The number of esters is 1. The zero-order valence-electron chi connectivity index (χ0n) is 10.6. The maximum absolute atomic E-state index is 13.0. The van der Waals surface area contributed by atoms with Crippen molar-refractivity contribution in [2.45, 2.75) is 6.92 Å². The number of nitrogen functional groups attached to an aromatic ring is 1. The van der Waals surface area contributed by atoms with Crippen LogP contribution in [0, 0.1) is 5.82 Å². The monoisotopic (exact) mass is 295 g/mol. The van der Waals surface area contributed by atoms with Crippen LogP contribution in [0.5, 0.6) is 0 Å². The van der Waals surface area contributed by atoms with Crippen LogP contribution in [0.2, 0.25) is 5.02 Å². The second-order valence-electron chi connectivity index (χ2n) is 3.84. The van der Waals surface area contributed by atoms with Crippen molar-refractivity contribution in [3.8, 4) is 11.4 Å². The third kappa shape index (κ3) is 2.85. The second kappa shape index (κ2) is 5.83. The number of nitrogens with two attached hydrogens (primary N) is 1. The Hall–Kier alpha value is -2.21. The molecule has 104 valence electrons. The quantitative estimate of drug-likeness (QED) is 0.881. The van der Waals surface area contributed by atoms with E-state index >= 15 is 0 Å². The Morgan fingerprint density at radius 3 is 2.85 bits per heavy atom. The summed E-state index contributed by atoms with van der Waals surface area (Å²) in [4.78, 5) is 19.6. The summed E-state index contributed by atoms with van der Waals surface area (Å²) >= 11 is 5.92. The van der Waals surface area contributed by atoms with Crippen molar-refractivity contribution >= 4 is 23.4 Å². The van der Waals surface area contributed by atoms with Gasteiger partial charge in [0.15, 0.2) is 5.82 Å². The summed E-state index contributed by atoms with van der Waals surface area (Å²) in [6.07, 6.45) is 1.26. The van der Waals surface area contributed by atoms with Crippen LogP contribution in [0.25, 0.3) is 11.4 Å². The molecular formula is C13H11ClFN3O2. The van der Waals surface area contributed by atoms with E-state index < -0.39 is 11.8 Å². The predicted molar refractivity (Wildman–Crippen MR) is 72.8 cm³/mol. The summed E-state index contributed by atoms with van der Waals surface area (Å²) in [5.74, 6) is -0.869. The van der Waals surface area contributed by atoms with Gasteiger partial charge in [0, 0.05) is 11.8 Å². The molecule has 7 heteroatoms. The van der Waals surface area contributed by atoms with Gasteiger partial charge in [0.1, 0.15) is 17.2 Å². The smallest absolute Gasteiger partial charge is 0.343 e. The molecule has 0 saturated heterocycles. The number of anilines is 1. The van der Waals surface area contributed by atoms with Crippen molar-refractivity contribution < 1.29 is 13.9 Å². The molecule has 0 amide bonds. The van der Waals surface area contributed by atoms with E-state index in [0.29, 0.717) is 5.56 Å². The first-order chi connectivity index (χ1) is 9.52. The SMILES string of the molecule is CCOC(=O)c1cnc(-c2ccc(F)cc2Cl)nc1N. The van der Waals surface area contributed by atoms with E-state index in [9.17, 15) is 9.18 Å². The van der Waals surface area contributed by atoms with Gasteiger partial charge in [0.2, 0.25) is 0 Å². The van der Waals surface area contributed by atoms with Crippen molar-refractivity contribution in [3.05, 3.63) is 40.8 Å². The van der Waals surface area contributed by atoms with Crippen molar-refractivity contribution in [2.75, 3.05) is 12.3 Å². The first-order valence-corrected chi connectivity index (χ1v) is 6.15. The highest BCUT2D eigenvalue weighted by Crippen LogP contribution is 2.26. The fourth-order valence-electron chi connectivity index (χ4n) is 1.56. The minimum atomic E-state index is -0.596. The van der Waals surface area contributed by atoms with E-state index in [1.165, 1.54) is 18.3 Å². The van der Waals surface area contributed by atoms with Gasteiger partial charge in [-0.15, -0.1) is 0 Å².